The number of nitrogens with one attached hydrogen (secondary N) is 1. The van der Waals surface area contributed by atoms with E-state index in [-0.39, 0.29) is 29.4 Å². The van der Waals surface area contributed by atoms with Crippen LogP contribution in [0.2, 0.25) is 0 Å². The third-order valence-corrected chi connectivity index (χ3v) is 4.26. The van der Waals surface area contributed by atoms with Crippen molar-refractivity contribution in [1.29, 1.82) is 0 Å². The van der Waals surface area contributed by atoms with Crippen LogP contribution in [0.3, 0.4) is 0 Å². The van der Waals surface area contributed by atoms with Crippen LogP contribution >= 0.6 is 0 Å². The summed E-state index contributed by atoms with van der Waals surface area (Å²) >= 11 is 0. The van der Waals surface area contributed by atoms with Gasteiger partial charge in [-0.15, -0.1) is 0 Å². The molecule has 0 aromatic heterocycles. The molecule has 0 bridgehead atoms. The topological polar surface area (TPSA) is 89.3 Å². The van der Waals surface area contributed by atoms with E-state index in [1.807, 2.05) is 0 Å². The summed E-state index contributed by atoms with van der Waals surface area (Å²) in [7, 11) is -2.84. The first kappa shape index (κ1) is 12.4. The van der Waals surface area contributed by atoms with Crippen LogP contribution in [0.25, 0.3) is 0 Å². The van der Waals surface area contributed by atoms with Gasteiger partial charge in [-0.05, 0) is 19.3 Å². The van der Waals surface area contributed by atoms with Crippen LogP contribution in [-0.2, 0) is 14.6 Å². The van der Waals surface area contributed by atoms with Crippen LogP contribution in [0.1, 0.15) is 19.8 Å². The number of carbonyl (C=O) groups is 1. The van der Waals surface area contributed by atoms with Gasteiger partial charge in [0.05, 0.1) is 11.5 Å². The number of hydrogen-bond donors (Lipinski definition) is 2. The highest BCUT2D eigenvalue weighted by atomic mass is 32.2. The van der Waals surface area contributed by atoms with Gasteiger partial charge < -0.3 is 11.1 Å². The smallest absolute Gasteiger partial charge is 0.221 e. The Hall–Kier alpha value is -0.620. The van der Waals surface area contributed by atoms with Crippen molar-refractivity contribution >= 4 is 15.7 Å². The van der Waals surface area contributed by atoms with E-state index >= 15 is 0 Å². The fourth-order valence-electron chi connectivity index (χ4n) is 1.66. The monoisotopic (exact) mass is 234 g/mol. The van der Waals surface area contributed by atoms with Crippen molar-refractivity contribution in [3.8, 4) is 0 Å². The van der Waals surface area contributed by atoms with E-state index in [9.17, 15) is 13.2 Å². The normalized spacial score (nSPS) is 26.1. The maximum atomic E-state index is 11.2. The van der Waals surface area contributed by atoms with E-state index in [2.05, 4.69) is 5.32 Å². The molecule has 1 aliphatic heterocycles. The van der Waals surface area contributed by atoms with E-state index in [0.29, 0.717) is 19.4 Å². The molecule has 1 aliphatic rings. The minimum Gasteiger partial charge on any atom is -0.356 e. The molecule has 1 heterocycles. The Morgan fingerprint density at radius 1 is 1.60 bits per heavy atom. The SMILES string of the molecule is CC(N)CC(=O)NCC1CCS(=O)(=O)C1. The summed E-state index contributed by atoms with van der Waals surface area (Å²) in [5.74, 6) is 0.424. The summed E-state index contributed by atoms with van der Waals surface area (Å²) in [5.41, 5.74) is 5.46. The molecular weight excluding hydrogens is 216 g/mol. The Morgan fingerprint density at radius 3 is 2.73 bits per heavy atom. The summed E-state index contributed by atoms with van der Waals surface area (Å²) in [6, 6.07) is -0.155. The number of rotatable bonds is 4. The molecule has 6 heteroatoms. The van der Waals surface area contributed by atoms with Crippen molar-refractivity contribution in [1.82, 2.24) is 5.32 Å². The minimum absolute atomic E-state index is 0.0760. The largest absolute Gasteiger partial charge is 0.356 e. The van der Waals surface area contributed by atoms with Crippen LogP contribution < -0.4 is 11.1 Å². The summed E-state index contributed by atoms with van der Waals surface area (Å²) in [4.78, 5) is 11.2. The number of hydrogen-bond acceptors (Lipinski definition) is 4. The molecule has 0 radical (unpaired) electrons. The Kier molecular flexibility index (Phi) is 4.10. The third-order valence-electron chi connectivity index (χ3n) is 2.42. The molecule has 15 heavy (non-hydrogen) atoms. The first-order valence-corrected chi connectivity index (χ1v) is 6.94. The molecule has 0 spiro atoms. The Morgan fingerprint density at radius 2 is 2.27 bits per heavy atom. The lowest BCUT2D eigenvalue weighted by molar-refractivity contribution is -0.121. The van der Waals surface area contributed by atoms with Gasteiger partial charge in [-0.2, -0.15) is 0 Å². The fourth-order valence-corrected chi connectivity index (χ4v) is 3.52. The van der Waals surface area contributed by atoms with E-state index < -0.39 is 9.84 Å². The van der Waals surface area contributed by atoms with Gasteiger partial charge in [0, 0.05) is 19.0 Å². The lowest BCUT2D eigenvalue weighted by Gasteiger charge is -2.10. The fraction of sp³-hybridized carbons (Fsp3) is 0.889. The highest BCUT2D eigenvalue weighted by Gasteiger charge is 2.27. The average Bonchev–Trinajstić information content (AvgIpc) is 2.41. The van der Waals surface area contributed by atoms with Crippen LogP contribution in [0.15, 0.2) is 0 Å². The highest BCUT2D eigenvalue weighted by molar-refractivity contribution is 7.91. The van der Waals surface area contributed by atoms with Crippen LogP contribution in [0.5, 0.6) is 0 Å². The van der Waals surface area contributed by atoms with Crippen molar-refractivity contribution in [2.24, 2.45) is 11.7 Å². The van der Waals surface area contributed by atoms with Crippen LogP contribution in [0.4, 0.5) is 0 Å². The van der Waals surface area contributed by atoms with Crippen molar-refractivity contribution in [3.05, 3.63) is 0 Å². The average molecular weight is 234 g/mol. The molecule has 1 amide bonds. The van der Waals surface area contributed by atoms with Gasteiger partial charge in [0.2, 0.25) is 5.91 Å². The Labute approximate surface area is 90.3 Å². The zero-order valence-corrected chi connectivity index (χ0v) is 9.72. The zero-order valence-electron chi connectivity index (χ0n) is 8.90. The molecule has 2 unspecified atom stereocenters. The maximum Gasteiger partial charge on any atom is 0.221 e. The first-order valence-electron chi connectivity index (χ1n) is 5.12. The van der Waals surface area contributed by atoms with Crippen molar-refractivity contribution in [2.75, 3.05) is 18.1 Å². The number of amides is 1. The van der Waals surface area contributed by atoms with Gasteiger partial charge in [0.15, 0.2) is 9.84 Å². The highest BCUT2D eigenvalue weighted by Crippen LogP contribution is 2.17. The van der Waals surface area contributed by atoms with Crippen LogP contribution in [-0.4, -0.2) is 38.4 Å². The molecule has 2 atom stereocenters. The molecule has 0 aromatic rings. The van der Waals surface area contributed by atoms with E-state index in [1.54, 1.807) is 6.92 Å². The molecule has 0 aliphatic carbocycles. The molecule has 0 saturated carbocycles. The molecule has 1 fully saturated rings. The van der Waals surface area contributed by atoms with Gasteiger partial charge >= 0.3 is 0 Å². The molecule has 88 valence electrons. The van der Waals surface area contributed by atoms with Gasteiger partial charge in [0.25, 0.3) is 0 Å². The lowest BCUT2D eigenvalue weighted by Crippen LogP contribution is -2.33. The zero-order chi connectivity index (χ0) is 11.5. The summed E-state index contributed by atoms with van der Waals surface area (Å²) < 4.78 is 22.3. The second-order valence-electron chi connectivity index (χ2n) is 4.25. The van der Waals surface area contributed by atoms with Crippen LogP contribution in [0, 0.1) is 5.92 Å². The summed E-state index contributed by atoms with van der Waals surface area (Å²) in [6.07, 6.45) is 0.945. The van der Waals surface area contributed by atoms with E-state index in [4.69, 9.17) is 5.73 Å². The number of sulfone groups is 1. The van der Waals surface area contributed by atoms with Crippen molar-refractivity contribution in [3.63, 3.8) is 0 Å². The Bertz CT molecular complexity index is 324. The van der Waals surface area contributed by atoms with Gasteiger partial charge in [-0.25, -0.2) is 8.42 Å². The number of nitrogens with two attached hydrogens (primary N) is 1. The molecule has 0 aromatic carbocycles. The lowest BCUT2D eigenvalue weighted by atomic mass is 10.1. The molecule has 5 nitrogen and oxygen atoms in total. The van der Waals surface area contributed by atoms with E-state index in [1.165, 1.54) is 0 Å². The predicted octanol–water partition coefficient (Wildman–Crippen LogP) is -0.725. The second-order valence-corrected chi connectivity index (χ2v) is 6.48. The quantitative estimate of drug-likeness (QED) is 0.671. The molecule has 1 rings (SSSR count). The van der Waals surface area contributed by atoms with Gasteiger partial charge in [-0.3, -0.25) is 4.79 Å². The second kappa shape index (κ2) is 4.94. The van der Waals surface area contributed by atoms with Gasteiger partial charge in [0.1, 0.15) is 0 Å². The van der Waals surface area contributed by atoms with Crippen molar-refractivity contribution in [2.45, 2.75) is 25.8 Å². The molecule has 3 N–H and O–H groups in total. The minimum atomic E-state index is -2.84. The molecular formula is C9H18N2O3S. The van der Waals surface area contributed by atoms with Crippen molar-refractivity contribution < 1.29 is 13.2 Å². The standard InChI is InChI=1S/C9H18N2O3S/c1-7(10)4-9(12)11-5-8-2-3-15(13,14)6-8/h7-8H,2-6,10H2,1H3,(H,11,12). The summed E-state index contributed by atoms with van der Waals surface area (Å²) in [6.45, 7) is 2.21. The van der Waals surface area contributed by atoms with Gasteiger partial charge in [-0.1, -0.05) is 0 Å². The molecule has 1 saturated heterocycles. The number of carbonyl (C=O) groups excluding carboxylic acids is 1. The third kappa shape index (κ3) is 4.61. The predicted molar refractivity (Wildman–Crippen MR) is 58.0 cm³/mol. The van der Waals surface area contributed by atoms with E-state index in [0.717, 1.165) is 0 Å². The maximum absolute atomic E-state index is 11.2. The summed E-state index contributed by atoms with van der Waals surface area (Å²) in [5, 5.41) is 2.71. The Balaban J connectivity index is 2.24. The first-order chi connectivity index (χ1) is 6.89.